The van der Waals surface area contributed by atoms with E-state index in [2.05, 4.69) is 15.9 Å². The first kappa shape index (κ1) is 8.70. The summed E-state index contributed by atoms with van der Waals surface area (Å²) in [6.45, 7) is 0. The number of benzene rings is 1. The number of ketones is 1. The van der Waals surface area contributed by atoms with Gasteiger partial charge < -0.3 is 0 Å². The number of carbonyl (C=O) groups excluding carboxylic acids is 1. The Hall–Kier alpha value is -0.890. The van der Waals surface area contributed by atoms with Crippen LogP contribution in [0.5, 0.6) is 0 Å². The molecule has 1 aliphatic rings. The van der Waals surface area contributed by atoms with Crippen molar-refractivity contribution in [1.29, 1.82) is 0 Å². The van der Waals surface area contributed by atoms with Crippen molar-refractivity contribution in [1.82, 2.24) is 0 Å². The van der Waals surface area contributed by atoms with E-state index >= 15 is 0 Å². The number of Topliss-reactive ketones (excluding diaryl/α,β-unsaturated/α-hetero) is 1. The summed E-state index contributed by atoms with van der Waals surface area (Å²) in [5.74, 6) is 0.221. The zero-order chi connectivity index (χ0) is 9.26. The van der Waals surface area contributed by atoms with Gasteiger partial charge in [-0.25, -0.2) is 0 Å². The van der Waals surface area contributed by atoms with Crippen molar-refractivity contribution in [3.8, 4) is 0 Å². The predicted molar refractivity (Wildman–Crippen MR) is 56.5 cm³/mol. The Morgan fingerprint density at radius 2 is 1.77 bits per heavy atom. The number of hydrogen-bond donors (Lipinski definition) is 0. The lowest BCUT2D eigenvalue weighted by Crippen LogP contribution is -1.87. The van der Waals surface area contributed by atoms with Crippen molar-refractivity contribution in [3.05, 3.63) is 40.4 Å². The maximum Gasteiger partial charge on any atom is 0.170 e. The van der Waals surface area contributed by atoms with E-state index in [1.54, 1.807) is 0 Å². The largest absolute Gasteiger partial charge is 0.294 e. The molecule has 1 nitrogen and oxygen atoms in total. The number of allylic oxidation sites excluding steroid dienone is 2. The minimum atomic E-state index is 0.221. The molecule has 0 radical (unpaired) electrons. The smallest absolute Gasteiger partial charge is 0.170 e. The summed E-state index contributed by atoms with van der Waals surface area (Å²) in [4.78, 5) is 11.3. The van der Waals surface area contributed by atoms with Crippen molar-refractivity contribution in [2.75, 3.05) is 0 Å². The number of hydrogen-bond acceptors (Lipinski definition) is 1. The predicted octanol–water partition coefficient (Wildman–Crippen LogP) is 3.16. The molecule has 0 aromatic heterocycles. The highest BCUT2D eigenvalue weighted by molar-refractivity contribution is 9.12. The Labute approximate surface area is 85.6 Å². The Morgan fingerprint density at radius 1 is 1.08 bits per heavy atom. The molecule has 1 aromatic carbocycles. The molecule has 0 spiro atoms. The molecule has 13 heavy (non-hydrogen) atoms. The second kappa shape index (κ2) is 3.46. The highest BCUT2D eigenvalue weighted by Crippen LogP contribution is 2.34. The first-order valence-electron chi connectivity index (χ1n) is 4.26. The fraction of sp³-hybridized carbons (Fsp3) is 0.182. The molecular formula is C11H9BrO. The van der Waals surface area contributed by atoms with Gasteiger partial charge in [-0.15, -0.1) is 0 Å². The highest BCUT2D eigenvalue weighted by atomic mass is 79.9. The molecule has 2 rings (SSSR count). The number of carbonyl (C=O) groups is 1. The molecule has 1 aromatic rings. The highest BCUT2D eigenvalue weighted by Gasteiger charge is 2.21. The summed E-state index contributed by atoms with van der Waals surface area (Å²) in [6, 6.07) is 10.0. The summed E-state index contributed by atoms with van der Waals surface area (Å²) in [7, 11) is 0. The molecule has 0 atom stereocenters. The second-order valence-corrected chi connectivity index (χ2v) is 3.87. The first-order valence-corrected chi connectivity index (χ1v) is 5.05. The maximum absolute atomic E-state index is 11.3. The summed E-state index contributed by atoms with van der Waals surface area (Å²) in [6.07, 6.45) is 1.51. The van der Waals surface area contributed by atoms with E-state index in [0.29, 0.717) is 6.42 Å². The molecule has 0 saturated heterocycles. The van der Waals surface area contributed by atoms with Gasteiger partial charge in [-0.2, -0.15) is 0 Å². The van der Waals surface area contributed by atoms with Gasteiger partial charge >= 0.3 is 0 Å². The van der Waals surface area contributed by atoms with Crippen LogP contribution in [0.2, 0.25) is 0 Å². The Kier molecular flexibility index (Phi) is 2.32. The Bertz CT molecular complexity index is 365. The summed E-state index contributed by atoms with van der Waals surface area (Å²) < 4.78 is 0.763. The minimum Gasteiger partial charge on any atom is -0.294 e. The van der Waals surface area contributed by atoms with Crippen molar-refractivity contribution in [2.24, 2.45) is 0 Å². The van der Waals surface area contributed by atoms with Gasteiger partial charge in [-0.3, -0.25) is 4.79 Å². The van der Waals surface area contributed by atoms with E-state index in [-0.39, 0.29) is 5.78 Å². The van der Waals surface area contributed by atoms with Gasteiger partial charge in [0.1, 0.15) is 0 Å². The zero-order valence-electron chi connectivity index (χ0n) is 7.09. The van der Waals surface area contributed by atoms with Gasteiger partial charge in [0.25, 0.3) is 0 Å². The third-order valence-corrected chi connectivity index (χ3v) is 3.15. The average molecular weight is 237 g/mol. The van der Waals surface area contributed by atoms with Crippen LogP contribution in [0.25, 0.3) is 5.57 Å². The monoisotopic (exact) mass is 236 g/mol. The molecule has 0 saturated carbocycles. The molecule has 66 valence electrons. The van der Waals surface area contributed by atoms with E-state index in [9.17, 15) is 4.79 Å². The van der Waals surface area contributed by atoms with Crippen LogP contribution in [-0.2, 0) is 4.79 Å². The van der Waals surface area contributed by atoms with E-state index in [0.717, 1.165) is 22.0 Å². The molecule has 0 unspecified atom stereocenters. The second-order valence-electron chi connectivity index (χ2n) is 3.08. The lowest BCUT2D eigenvalue weighted by molar-refractivity contribution is -0.114. The van der Waals surface area contributed by atoms with E-state index in [1.165, 1.54) is 0 Å². The molecule has 0 fully saturated rings. The molecule has 0 bridgehead atoms. The third kappa shape index (κ3) is 1.59. The fourth-order valence-corrected chi connectivity index (χ4v) is 2.16. The fourth-order valence-electron chi connectivity index (χ4n) is 1.54. The topological polar surface area (TPSA) is 17.1 Å². The maximum atomic E-state index is 11.3. The van der Waals surface area contributed by atoms with Crippen LogP contribution in [0.1, 0.15) is 18.4 Å². The van der Waals surface area contributed by atoms with E-state index < -0.39 is 0 Å². The van der Waals surface area contributed by atoms with Gasteiger partial charge in [-0.05, 0) is 33.5 Å². The number of rotatable bonds is 1. The van der Waals surface area contributed by atoms with Crippen LogP contribution in [-0.4, -0.2) is 5.78 Å². The van der Waals surface area contributed by atoms with Crippen LogP contribution in [0.3, 0.4) is 0 Å². The first-order chi connectivity index (χ1) is 6.29. The lowest BCUT2D eigenvalue weighted by Gasteiger charge is -2.00. The Morgan fingerprint density at radius 3 is 2.31 bits per heavy atom. The van der Waals surface area contributed by atoms with Crippen molar-refractivity contribution >= 4 is 27.3 Å². The van der Waals surface area contributed by atoms with Gasteiger partial charge in [0, 0.05) is 6.42 Å². The SMILES string of the molecule is O=C1CCC(c2ccccc2)=C1Br. The summed E-state index contributed by atoms with van der Waals surface area (Å²) >= 11 is 3.34. The Balaban J connectivity index is 2.43. The van der Waals surface area contributed by atoms with Gasteiger partial charge in [-0.1, -0.05) is 30.3 Å². The lowest BCUT2D eigenvalue weighted by atomic mass is 10.1. The van der Waals surface area contributed by atoms with Crippen LogP contribution >= 0.6 is 15.9 Å². The van der Waals surface area contributed by atoms with Gasteiger partial charge in [0.15, 0.2) is 5.78 Å². The molecule has 0 amide bonds. The van der Waals surface area contributed by atoms with Crippen LogP contribution < -0.4 is 0 Å². The van der Waals surface area contributed by atoms with E-state index in [1.807, 2.05) is 30.3 Å². The molecular weight excluding hydrogens is 228 g/mol. The molecule has 0 aliphatic heterocycles. The van der Waals surface area contributed by atoms with Crippen LogP contribution in [0.4, 0.5) is 0 Å². The molecule has 1 aliphatic carbocycles. The quantitative estimate of drug-likeness (QED) is 0.733. The van der Waals surface area contributed by atoms with Gasteiger partial charge in [0.2, 0.25) is 0 Å². The zero-order valence-corrected chi connectivity index (χ0v) is 8.67. The number of halogens is 1. The third-order valence-electron chi connectivity index (χ3n) is 2.23. The standard InChI is InChI=1S/C11H9BrO/c12-11-9(6-7-10(11)13)8-4-2-1-3-5-8/h1-5H,6-7H2. The van der Waals surface area contributed by atoms with Crippen molar-refractivity contribution < 1.29 is 4.79 Å². The van der Waals surface area contributed by atoms with Crippen LogP contribution in [0, 0.1) is 0 Å². The molecule has 2 heteroatoms. The minimum absolute atomic E-state index is 0.221. The van der Waals surface area contributed by atoms with Crippen molar-refractivity contribution in [2.45, 2.75) is 12.8 Å². The molecule has 0 heterocycles. The molecule has 0 N–H and O–H groups in total. The van der Waals surface area contributed by atoms with E-state index in [4.69, 9.17) is 0 Å². The van der Waals surface area contributed by atoms with Crippen molar-refractivity contribution in [3.63, 3.8) is 0 Å². The van der Waals surface area contributed by atoms with Crippen LogP contribution in [0.15, 0.2) is 34.8 Å². The van der Waals surface area contributed by atoms with Gasteiger partial charge in [0.05, 0.1) is 4.48 Å². The normalized spacial score (nSPS) is 16.8. The summed E-state index contributed by atoms with van der Waals surface area (Å²) in [5, 5.41) is 0. The average Bonchev–Trinajstić information content (AvgIpc) is 2.49. The summed E-state index contributed by atoms with van der Waals surface area (Å²) in [5.41, 5.74) is 2.30.